The van der Waals surface area contributed by atoms with E-state index in [0.29, 0.717) is 5.56 Å². The lowest BCUT2D eigenvalue weighted by Gasteiger charge is -2.23. The molecule has 0 bridgehead atoms. The van der Waals surface area contributed by atoms with Crippen molar-refractivity contribution in [3.63, 3.8) is 0 Å². The van der Waals surface area contributed by atoms with Crippen LogP contribution in [0.4, 0.5) is 4.39 Å². The SMILES string of the molecule is CC(C)[C@@H](NC(=O)Cc1ccccc1F)c1ccccc1. The van der Waals surface area contributed by atoms with Gasteiger partial charge in [-0.15, -0.1) is 0 Å². The van der Waals surface area contributed by atoms with Gasteiger partial charge < -0.3 is 5.32 Å². The summed E-state index contributed by atoms with van der Waals surface area (Å²) < 4.78 is 13.6. The molecule has 1 atom stereocenters. The standard InChI is InChI=1S/C18H20FNO/c1-13(2)18(14-8-4-3-5-9-14)20-17(21)12-15-10-6-7-11-16(15)19/h3-11,13,18H,12H2,1-2H3,(H,20,21)/t18-/m1/s1. The molecule has 1 N–H and O–H groups in total. The van der Waals surface area contributed by atoms with E-state index < -0.39 is 0 Å². The number of halogens is 1. The predicted octanol–water partition coefficient (Wildman–Crippen LogP) is 3.88. The summed E-state index contributed by atoms with van der Waals surface area (Å²) in [6.07, 6.45) is 0.0583. The van der Waals surface area contributed by atoms with Crippen molar-refractivity contribution in [3.8, 4) is 0 Å². The molecule has 1 amide bonds. The average Bonchev–Trinajstić information content (AvgIpc) is 2.48. The molecule has 2 aromatic carbocycles. The molecule has 0 aliphatic heterocycles. The van der Waals surface area contributed by atoms with Gasteiger partial charge in [0.05, 0.1) is 12.5 Å². The number of hydrogen-bond donors (Lipinski definition) is 1. The number of benzene rings is 2. The first-order valence-electron chi connectivity index (χ1n) is 7.15. The van der Waals surface area contributed by atoms with E-state index in [9.17, 15) is 9.18 Å². The molecular formula is C18H20FNO. The molecule has 21 heavy (non-hydrogen) atoms. The lowest BCUT2D eigenvalue weighted by Crippen LogP contribution is -2.33. The Kier molecular flexibility index (Phi) is 5.09. The number of amides is 1. The van der Waals surface area contributed by atoms with Crippen LogP contribution in [0.1, 0.15) is 31.0 Å². The Morgan fingerprint density at radius 2 is 1.67 bits per heavy atom. The summed E-state index contributed by atoms with van der Waals surface area (Å²) in [7, 11) is 0. The van der Waals surface area contributed by atoms with Crippen molar-refractivity contribution in [2.45, 2.75) is 26.3 Å². The lowest BCUT2D eigenvalue weighted by molar-refractivity contribution is -0.121. The molecule has 3 heteroatoms. The summed E-state index contributed by atoms with van der Waals surface area (Å²) in [4.78, 5) is 12.2. The first-order chi connectivity index (χ1) is 10.1. The molecule has 0 radical (unpaired) electrons. The van der Waals surface area contributed by atoms with Gasteiger partial charge in [0.2, 0.25) is 5.91 Å². The van der Waals surface area contributed by atoms with Crippen LogP contribution in [0, 0.1) is 11.7 Å². The third kappa shape index (κ3) is 4.15. The van der Waals surface area contributed by atoms with Crippen molar-refractivity contribution < 1.29 is 9.18 Å². The number of rotatable bonds is 5. The Hall–Kier alpha value is -2.16. The third-order valence-corrected chi connectivity index (χ3v) is 3.45. The van der Waals surface area contributed by atoms with Crippen LogP contribution in [-0.2, 0) is 11.2 Å². The minimum absolute atomic E-state index is 0.0583. The van der Waals surface area contributed by atoms with Gasteiger partial charge in [0.1, 0.15) is 5.82 Å². The highest BCUT2D eigenvalue weighted by molar-refractivity contribution is 5.79. The molecule has 0 aliphatic carbocycles. The van der Waals surface area contributed by atoms with E-state index in [-0.39, 0.29) is 30.1 Å². The highest BCUT2D eigenvalue weighted by atomic mass is 19.1. The van der Waals surface area contributed by atoms with Crippen molar-refractivity contribution in [2.75, 3.05) is 0 Å². The highest BCUT2D eigenvalue weighted by Gasteiger charge is 2.18. The zero-order valence-electron chi connectivity index (χ0n) is 12.3. The first-order valence-corrected chi connectivity index (χ1v) is 7.15. The Morgan fingerprint density at radius 3 is 2.29 bits per heavy atom. The number of hydrogen-bond acceptors (Lipinski definition) is 1. The van der Waals surface area contributed by atoms with E-state index in [0.717, 1.165) is 5.56 Å². The second kappa shape index (κ2) is 7.02. The normalized spacial score (nSPS) is 12.2. The molecular weight excluding hydrogens is 265 g/mol. The van der Waals surface area contributed by atoms with Gasteiger partial charge in [0, 0.05) is 0 Å². The maximum atomic E-state index is 13.6. The minimum atomic E-state index is -0.339. The summed E-state index contributed by atoms with van der Waals surface area (Å²) in [5.41, 5.74) is 1.49. The van der Waals surface area contributed by atoms with Crippen LogP contribution in [0.5, 0.6) is 0 Å². The van der Waals surface area contributed by atoms with Crippen molar-refractivity contribution in [1.29, 1.82) is 0 Å². The molecule has 0 unspecified atom stereocenters. The smallest absolute Gasteiger partial charge is 0.225 e. The molecule has 0 spiro atoms. The molecule has 0 aromatic heterocycles. The quantitative estimate of drug-likeness (QED) is 0.887. The molecule has 0 aliphatic rings. The fourth-order valence-electron chi connectivity index (χ4n) is 2.33. The van der Waals surface area contributed by atoms with E-state index in [1.807, 2.05) is 30.3 Å². The molecule has 2 aromatic rings. The van der Waals surface area contributed by atoms with Crippen molar-refractivity contribution in [1.82, 2.24) is 5.32 Å². The fraction of sp³-hybridized carbons (Fsp3) is 0.278. The summed E-state index contributed by atoms with van der Waals surface area (Å²) in [6, 6.07) is 16.2. The fourth-order valence-corrected chi connectivity index (χ4v) is 2.33. The Morgan fingerprint density at radius 1 is 1.05 bits per heavy atom. The monoisotopic (exact) mass is 285 g/mol. The van der Waals surface area contributed by atoms with Crippen LogP contribution in [0.15, 0.2) is 54.6 Å². The number of nitrogens with one attached hydrogen (secondary N) is 1. The topological polar surface area (TPSA) is 29.1 Å². The zero-order valence-corrected chi connectivity index (χ0v) is 12.3. The van der Waals surface area contributed by atoms with Crippen LogP contribution >= 0.6 is 0 Å². The predicted molar refractivity (Wildman–Crippen MR) is 82.3 cm³/mol. The van der Waals surface area contributed by atoms with Crippen LogP contribution in [0.3, 0.4) is 0 Å². The van der Waals surface area contributed by atoms with E-state index in [2.05, 4.69) is 19.2 Å². The molecule has 2 rings (SSSR count). The molecule has 110 valence electrons. The maximum absolute atomic E-state index is 13.6. The van der Waals surface area contributed by atoms with E-state index >= 15 is 0 Å². The molecule has 2 nitrogen and oxygen atoms in total. The van der Waals surface area contributed by atoms with Gasteiger partial charge in [0.15, 0.2) is 0 Å². The van der Waals surface area contributed by atoms with Crippen LogP contribution in [-0.4, -0.2) is 5.91 Å². The van der Waals surface area contributed by atoms with Crippen molar-refractivity contribution in [3.05, 3.63) is 71.5 Å². The van der Waals surface area contributed by atoms with Crippen LogP contribution in [0.25, 0.3) is 0 Å². The summed E-state index contributed by atoms with van der Waals surface area (Å²) in [5, 5.41) is 3.00. The maximum Gasteiger partial charge on any atom is 0.225 e. The molecule has 0 saturated carbocycles. The highest BCUT2D eigenvalue weighted by Crippen LogP contribution is 2.21. The Bertz CT molecular complexity index is 595. The van der Waals surface area contributed by atoms with Gasteiger partial charge in [-0.1, -0.05) is 62.4 Å². The molecule has 0 saturated heterocycles. The zero-order chi connectivity index (χ0) is 15.2. The summed E-state index contributed by atoms with van der Waals surface area (Å²) in [5.74, 6) is -0.243. The summed E-state index contributed by atoms with van der Waals surface area (Å²) in [6.45, 7) is 4.11. The van der Waals surface area contributed by atoms with Gasteiger partial charge in [-0.05, 0) is 23.1 Å². The minimum Gasteiger partial charge on any atom is -0.349 e. The van der Waals surface area contributed by atoms with E-state index in [4.69, 9.17) is 0 Å². The first kappa shape index (κ1) is 15.2. The second-order valence-electron chi connectivity index (χ2n) is 5.47. The second-order valence-corrected chi connectivity index (χ2v) is 5.47. The molecule has 0 heterocycles. The van der Waals surface area contributed by atoms with Gasteiger partial charge in [0.25, 0.3) is 0 Å². The van der Waals surface area contributed by atoms with Crippen molar-refractivity contribution >= 4 is 5.91 Å². The Labute approximate surface area is 125 Å². The van der Waals surface area contributed by atoms with Gasteiger partial charge in [-0.3, -0.25) is 4.79 Å². The number of carbonyl (C=O) groups is 1. The van der Waals surface area contributed by atoms with Crippen LogP contribution in [0.2, 0.25) is 0 Å². The third-order valence-electron chi connectivity index (χ3n) is 3.45. The summed E-state index contributed by atoms with van der Waals surface area (Å²) >= 11 is 0. The lowest BCUT2D eigenvalue weighted by atomic mass is 9.95. The van der Waals surface area contributed by atoms with Crippen molar-refractivity contribution in [2.24, 2.45) is 5.92 Å². The van der Waals surface area contributed by atoms with Gasteiger partial charge in [-0.25, -0.2) is 4.39 Å². The largest absolute Gasteiger partial charge is 0.349 e. The van der Waals surface area contributed by atoms with Gasteiger partial charge in [-0.2, -0.15) is 0 Å². The van der Waals surface area contributed by atoms with Crippen LogP contribution < -0.4 is 5.32 Å². The van der Waals surface area contributed by atoms with E-state index in [1.165, 1.54) is 6.07 Å². The molecule has 0 fully saturated rings. The van der Waals surface area contributed by atoms with E-state index in [1.54, 1.807) is 18.2 Å². The average molecular weight is 285 g/mol. The van der Waals surface area contributed by atoms with Gasteiger partial charge >= 0.3 is 0 Å². The number of carbonyl (C=O) groups excluding carboxylic acids is 1. The Balaban J connectivity index is 2.08.